The zero-order valence-corrected chi connectivity index (χ0v) is 12.2. The molecule has 0 rings (SSSR count). The molecule has 86 valence electrons. The molecule has 0 aromatic heterocycles. The van der Waals surface area contributed by atoms with Gasteiger partial charge in [-0.1, -0.05) is 6.92 Å². The molecule has 0 saturated heterocycles. The minimum absolute atomic E-state index is 0. The van der Waals surface area contributed by atoms with Gasteiger partial charge in [-0.15, -0.1) is 11.0 Å². The molecule has 0 bridgehead atoms. The zero-order valence-electron chi connectivity index (χ0n) is 10.3. The van der Waals surface area contributed by atoms with Gasteiger partial charge in [0, 0.05) is 37.3 Å². The summed E-state index contributed by atoms with van der Waals surface area (Å²) >= 11 is 0. The summed E-state index contributed by atoms with van der Waals surface area (Å²) in [4.78, 5) is 0. The summed E-state index contributed by atoms with van der Waals surface area (Å²) < 4.78 is 20.0. The van der Waals surface area contributed by atoms with E-state index in [4.69, 9.17) is 5.73 Å². The average molecular weight is 249 g/mol. The van der Waals surface area contributed by atoms with E-state index in [-0.39, 0.29) is 31.0 Å². The van der Waals surface area contributed by atoms with Crippen LogP contribution in [0.1, 0.15) is 8.35 Å². The Morgan fingerprint density at radius 2 is 1.93 bits per heavy atom. The Bertz CT molecular complexity index is 160. The van der Waals surface area contributed by atoms with E-state index < -0.39 is 8.25 Å². The van der Waals surface area contributed by atoms with Crippen LogP contribution in [0.5, 0.6) is 0 Å². The Kier molecular flexibility index (Phi) is 18.1. The minimum Gasteiger partial charge on any atom is -1.00 e. The molecule has 15 heavy (non-hydrogen) atoms. The van der Waals surface area contributed by atoms with Crippen LogP contribution < -0.4 is 51.6 Å². The molecular weight excluding hydrogens is 230 g/mol. The van der Waals surface area contributed by atoms with E-state index >= 15 is 0 Å². The molecule has 0 aromatic rings. The Labute approximate surface area is 114 Å². The smallest absolute Gasteiger partial charge is 1.00 e. The van der Waals surface area contributed by atoms with Gasteiger partial charge in [-0.3, -0.25) is 0 Å². The number of hydrogen-bond acceptors (Lipinski definition) is 7. The molecule has 0 aliphatic carbocycles. The number of rotatable bonds is 10. The van der Waals surface area contributed by atoms with E-state index in [1.165, 1.54) is 0 Å². The predicted molar refractivity (Wildman–Crippen MR) is 54.5 cm³/mol. The average Bonchev–Trinajstić information content (AvgIpc) is 2.20. The molecule has 1 atom stereocenters. The molecule has 0 aliphatic heterocycles. The van der Waals surface area contributed by atoms with E-state index in [0.29, 0.717) is 26.2 Å². The first-order chi connectivity index (χ1) is 6.81. The van der Waals surface area contributed by atoms with Gasteiger partial charge in [-0.05, 0) is 9.25 Å². The normalized spacial score (nSPS) is 10.9. The topological polar surface area (TPSA) is 97.6 Å². The molecule has 0 radical (unpaired) electrons. The molecule has 7 nitrogen and oxygen atoms in total. The van der Waals surface area contributed by atoms with Crippen molar-refractivity contribution in [2.45, 2.75) is 6.92 Å². The molecule has 0 saturated carbocycles. The molecule has 0 spiro atoms. The molecular formula is C6H19N4NaO3P+. The van der Waals surface area contributed by atoms with Crippen molar-refractivity contribution in [1.82, 2.24) is 16.3 Å². The van der Waals surface area contributed by atoms with E-state index in [2.05, 4.69) is 25.5 Å². The van der Waals surface area contributed by atoms with Crippen LogP contribution >= 0.6 is 8.25 Å². The fourth-order valence-corrected chi connectivity index (χ4v) is 1.07. The van der Waals surface area contributed by atoms with Crippen molar-refractivity contribution in [3.05, 3.63) is 0 Å². The second-order valence-electron chi connectivity index (χ2n) is 2.34. The van der Waals surface area contributed by atoms with Crippen LogP contribution in [0.3, 0.4) is 0 Å². The molecule has 9 heteroatoms. The fourth-order valence-electron chi connectivity index (χ4n) is 0.601. The second kappa shape index (κ2) is 14.9. The number of hydrogen-bond donors (Lipinski definition) is 4. The summed E-state index contributed by atoms with van der Waals surface area (Å²) in [5.41, 5.74) is 10.2. The van der Waals surface area contributed by atoms with Crippen molar-refractivity contribution in [3.8, 4) is 0 Å². The molecule has 0 aromatic carbocycles. The van der Waals surface area contributed by atoms with Gasteiger partial charge in [0.25, 0.3) is 0 Å². The minimum atomic E-state index is -2.14. The maximum atomic E-state index is 10.8. The van der Waals surface area contributed by atoms with Crippen LogP contribution in [0, 0.1) is 0 Å². The van der Waals surface area contributed by atoms with Gasteiger partial charge in [0.1, 0.15) is 0 Å². The SMILES string of the molecule is CCNO[P+](=O)ONCCNCCN.[H-].[Na+]. The molecule has 1 unspecified atom stereocenters. The van der Waals surface area contributed by atoms with Crippen molar-refractivity contribution in [1.29, 1.82) is 0 Å². The second-order valence-corrected chi connectivity index (χ2v) is 3.15. The first-order valence-electron chi connectivity index (χ1n) is 4.49. The molecule has 5 N–H and O–H groups in total. The van der Waals surface area contributed by atoms with Gasteiger partial charge in [0.15, 0.2) is 0 Å². The molecule has 0 amide bonds. The Balaban J connectivity index is -0.000000845. The molecule has 0 heterocycles. The summed E-state index contributed by atoms with van der Waals surface area (Å²) in [6.45, 7) is 4.98. The maximum absolute atomic E-state index is 10.8. The van der Waals surface area contributed by atoms with Crippen LogP contribution in [0.4, 0.5) is 0 Å². The third kappa shape index (κ3) is 14.9. The number of hydroxylamine groups is 2. The predicted octanol–water partition coefficient (Wildman–Crippen LogP) is -3.63. The van der Waals surface area contributed by atoms with Crippen molar-refractivity contribution >= 4 is 8.25 Å². The van der Waals surface area contributed by atoms with E-state index in [9.17, 15) is 4.57 Å². The van der Waals surface area contributed by atoms with Gasteiger partial charge in [-0.2, -0.15) is 0 Å². The quantitative estimate of drug-likeness (QED) is 0.137. The fraction of sp³-hybridized carbons (Fsp3) is 1.00. The number of nitrogens with one attached hydrogen (secondary N) is 3. The van der Waals surface area contributed by atoms with Crippen LogP contribution in [-0.2, 0) is 13.8 Å². The Morgan fingerprint density at radius 3 is 2.53 bits per heavy atom. The van der Waals surface area contributed by atoms with Crippen LogP contribution in [-0.4, -0.2) is 32.7 Å². The van der Waals surface area contributed by atoms with Gasteiger partial charge < -0.3 is 12.5 Å². The summed E-state index contributed by atoms with van der Waals surface area (Å²) in [6, 6.07) is 0. The van der Waals surface area contributed by atoms with Crippen LogP contribution in [0.15, 0.2) is 0 Å². The summed E-state index contributed by atoms with van der Waals surface area (Å²) in [7, 11) is -2.14. The van der Waals surface area contributed by atoms with Crippen LogP contribution in [0.25, 0.3) is 0 Å². The van der Waals surface area contributed by atoms with Gasteiger partial charge in [-0.25, -0.2) is 0 Å². The third-order valence-electron chi connectivity index (χ3n) is 1.15. The summed E-state index contributed by atoms with van der Waals surface area (Å²) in [5, 5.41) is 3.03. The maximum Gasteiger partial charge on any atom is 1.00 e. The molecule has 0 aliphatic rings. The molecule has 0 fully saturated rings. The largest absolute Gasteiger partial charge is 1.00 e. The monoisotopic (exact) mass is 249 g/mol. The third-order valence-corrected chi connectivity index (χ3v) is 1.70. The van der Waals surface area contributed by atoms with E-state index in [1.807, 2.05) is 6.92 Å². The van der Waals surface area contributed by atoms with Crippen molar-refractivity contribution < 1.29 is 44.8 Å². The standard InChI is InChI=1S/C6H18N4O3P.Na.H/c1-2-9-12-14(11)13-10-6-5-8-4-3-7;;/h8-10H,2-7H2,1H3;;/q2*+1;-1. The summed E-state index contributed by atoms with van der Waals surface area (Å²) in [5.74, 6) is 0. The van der Waals surface area contributed by atoms with Gasteiger partial charge in [0.2, 0.25) is 0 Å². The summed E-state index contributed by atoms with van der Waals surface area (Å²) in [6.07, 6.45) is 0. The first-order valence-corrected chi connectivity index (χ1v) is 5.58. The van der Waals surface area contributed by atoms with E-state index in [1.54, 1.807) is 0 Å². The van der Waals surface area contributed by atoms with Crippen LogP contribution in [0.2, 0.25) is 0 Å². The first kappa shape index (κ1) is 18.2. The van der Waals surface area contributed by atoms with Gasteiger partial charge >= 0.3 is 37.8 Å². The van der Waals surface area contributed by atoms with E-state index in [0.717, 1.165) is 6.54 Å². The Hall–Kier alpha value is 0.860. The van der Waals surface area contributed by atoms with Crippen molar-refractivity contribution in [2.24, 2.45) is 5.73 Å². The number of nitrogens with two attached hydrogens (primary N) is 1. The van der Waals surface area contributed by atoms with Crippen molar-refractivity contribution in [2.75, 3.05) is 32.7 Å². The van der Waals surface area contributed by atoms with Gasteiger partial charge in [0.05, 0.1) is 0 Å². The van der Waals surface area contributed by atoms with Crippen molar-refractivity contribution in [3.63, 3.8) is 0 Å². The zero-order chi connectivity index (χ0) is 10.6. The Morgan fingerprint density at radius 1 is 1.27 bits per heavy atom.